The van der Waals surface area contributed by atoms with Crippen molar-refractivity contribution in [3.63, 3.8) is 0 Å². The van der Waals surface area contributed by atoms with Crippen LogP contribution in [0, 0.1) is 0 Å². The predicted octanol–water partition coefficient (Wildman–Crippen LogP) is 4.33. The molecule has 0 saturated carbocycles. The zero-order valence-electron chi connectivity index (χ0n) is 16.0. The Balaban J connectivity index is 2.17. The van der Waals surface area contributed by atoms with Gasteiger partial charge in [-0.1, -0.05) is 45.4 Å². The van der Waals surface area contributed by atoms with Gasteiger partial charge in [-0.05, 0) is 36.1 Å². The molecule has 0 aliphatic heterocycles. The van der Waals surface area contributed by atoms with Gasteiger partial charge in [-0.2, -0.15) is 0 Å². The second kappa shape index (κ2) is 9.13. The van der Waals surface area contributed by atoms with Crippen LogP contribution in [0.4, 0.5) is 5.69 Å². The molecular weight excluding hydrogens is 326 g/mol. The smallest absolute Gasteiger partial charge is 0.274 e. The van der Waals surface area contributed by atoms with Gasteiger partial charge in [0.1, 0.15) is 5.69 Å². The summed E-state index contributed by atoms with van der Waals surface area (Å²) < 4.78 is 0. The average molecular weight is 353 g/mol. The van der Waals surface area contributed by atoms with E-state index in [9.17, 15) is 9.59 Å². The van der Waals surface area contributed by atoms with Crippen molar-refractivity contribution in [2.24, 2.45) is 0 Å². The fraction of sp³-hybridized carbons (Fsp3) is 0.381. The van der Waals surface area contributed by atoms with Gasteiger partial charge >= 0.3 is 0 Å². The molecule has 26 heavy (non-hydrogen) atoms. The van der Waals surface area contributed by atoms with Gasteiger partial charge in [0, 0.05) is 31.0 Å². The van der Waals surface area contributed by atoms with Crippen LogP contribution in [-0.2, 0) is 0 Å². The van der Waals surface area contributed by atoms with Crippen LogP contribution in [-0.4, -0.2) is 35.3 Å². The zero-order valence-corrected chi connectivity index (χ0v) is 16.0. The summed E-state index contributed by atoms with van der Waals surface area (Å²) in [6.07, 6.45) is 3.48. The summed E-state index contributed by atoms with van der Waals surface area (Å²) in [5, 5.41) is 2.91. The predicted molar refractivity (Wildman–Crippen MR) is 105 cm³/mol. The summed E-state index contributed by atoms with van der Waals surface area (Å²) in [5.74, 6) is -0.124. The van der Waals surface area contributed by atoms with E-state index in [1.807, 2.05) is 24.3 Å². The van der Waals surface area contributed by atoms with Crippen molar-refractivity contribution in [1.29, 1.82) is 0 Å². The number of hydrogen-bond donors (Lipinski definition) is 1. The molecule has 1 N–H and O–H groups in total. The number of carbonyl (C=O) groups is 2. The molecular formula is C21H27N3O2. The lowest BCUT2D eigenvalue weighted by atomic mass is 10.0. The Hall–Kier alpha value is -2.69. The summed E-state index contributed by atoms with van der Waals surface area (Å²) in [6, 6.07) is 10.9. The minimum atomic E-state index is -0.316. The number of carbonyl (C=O) groups excluding carboxylic acids is 2. The summed E-state index contributed by atoms with van der Waals surface area (Å²) in [5.41, 5.74) is 2.54. The maximum Gasteiger partial charge on any atom is 0.274 e. The van der Waals surface area contributed by atoms with Crippen molar-refractivity contribution in [1.82, 2.24) is 9.88 Å². The zero-order chi connectivity index (χ0) is 19.1. The normalized spacial score (nSPS) is 10.7. The molecule has 0 spiro atoms. The van der Waals surface area contributed by atoms with E-state index < -0.39 is 0 Å². The first-order valence-corrected chi connectivity index (χ1v) is 9.05. The third-order valence-electron chi connectivity index (χ3n) is 4.26. The maximum atomic E-state index is 12.6. The lowest BCUT2D eigenvalue weighted by Gasteiger charge is -2.17. The number of nitrogens with zero attached hydrogens (tertiary/aromatic N) is 2. The van der Waals surface area contributed by atoms with E-state index in [0.717, 1.165) is 24.1 Å². The van der Waals surface area contributed by atoms with Crippen molar-refractivity contribution in [3.05, 3.63) is 59.4 Å². The van der Waals surface area contributed by atoms with Crippen LogP contribution in [0.3, 0.4) is 0 Å². The first-order chi connectivity index (χ1) is 12.4. The van der Waals surface area contributed by atoms with E-state index in [-0.39, 0.29) is 17.5 Å². The summed E-state index contributed by atoms with van der Waals surface area (Å²) >= 11 is 0. The molecule has 1 aromatic heterocycles. The molecule has 1 heterocycles. The van der Waals surface area contributed by atoms with Gasteiger partial charge in [0.25, 0.3) is 11.8 Å². The van der Waals surface area contributed by atoms with Gasteiger partial charge in [-0.15, -0.1) is 0 Å². The first kappa shape index (κ1) is 19.6. The number of benzene rings is 1. The number of hydrogen-bond acceptors (Lipinski definition) is 3. The van der Waals surface area contributed by atoms with E-state index in [1.54, 1.807) is 24.1 Å². The molecule has 0 aliphatic rings. The quantitative estimate of drug-likeness (QED) is 0.806. The largest absolute Gasteiger partial charge is 0.342 e. The topological polar surface area (TPSA) is 62.3 Å². The van der Waals surface area contributed by atoms with Crippen LogP contribution in [0.25, 0.3) is 0 Å². The van der Waals surface area contributed by atoms with Crippen molar-refractivity contribution in [2.75, 3.05) is 18.9 Å². The number of aromatic nitrogens is 1. The van der Waals surface area contributed by atoms with Crippen LogP contribution < -0.4 is 5.32 Å². The SMILES string of the molecule is CCCCN(C)C(=O)c1ccnc(C(=O)Nc2ccccc2C(C)C)c1. The van der Waals surface area contributed by atoms with Crippen LogP contribution in [0.1, 0.15) is 65.9 Å². The molecule has 5 nitrogen and oxygen atoms in total. The van der Waals surface area contributed by atoms with E-state index >= 15 is 0 Å². The number of nitrogens with one attached hydrogen (secondary N) is 1. The third-order valence-corrected chi connectivity index (χ3v) is 4.26. The number of anilines is 1. The molecule has 0 atom stereocenters. The highest BCUT2D eigenvalue weighted by atomic mass is 16.2. The molecule has 2 aromatic rings. The highest BCUT2D eigenvalue weighted by molar-refractivity contribution is 6.05. The molecule has 0 radical (unpaired) electrons. The highest BCUT2D eigenvalue weighted by Gasteiger charge is 2.16. The van der Waals surface area contributed by atoms with Gasteiger partial charge < -0.3 is 10.2 Å². The molecule has 0 bridgehead atoms. The lowest BCUT2D eigenvalue weighted by molar-refractivity contribution is 0.0793. The molecule has 2 rings (SSSR count). The Labute approximate surface area is 155 Å². The van der Waals surface area contributed by atoms with Crippen molar-refractivity contribution in [2.45, 2.75) is 39.5 Å². The Kier molecular flexibility index (Phi) is 6.89. The Morgan fingerprint density at radius 2 is 1.92 bits per heavy atom. The van der Waals surface area contributed by atoms with Gasteiger partial charge in [0.15, 0.2) is 0 Å². The standard InChI is InChI=1S/C21H27N3O2/c1-5-6-13-24(4)21(26)16-11-12-22-19(14-16)20(25)23-18-10-8-7-9-17(18)15(2)3/h7-12,14-15H,5-6,13H2,1-4H3,(H,23,25). The molecule has 2 amide bonds. The van der Waals surface area contributed by atoms with E-state index in [4.69, 9.17) is 0 Å². The lowest BCUT2D eigenvalue weighted by Crippen LogP contribution is -2.28. The minimum absolute atomic E-state index is 0.0996. The number of rotatable bonds is 7. The van der Waals surface area contributed by atoms with E-state index in [0.29, 0.717) is 18.0 Å². The first-order valence-electron chi connectivity index (χ1n) is 9.05. The number of para-hydroxylation sites is 1. The second-order valence-electron chi connectivity index (χ2n) is 6.71. The Morgan fingerprint density at radius 3 is 2.62 bits per heavy atom. The van der Waals surface area contributed by atoms with Crippen LogP contribution >= 0.6 is 0 Å². The summed E-state index contributed by atoms with van der Waals surface area (Å²) in [7, 11) is 1.77. The molecule has 0 saturated heterocycles. The van der Waals surface area contributed by atoms with Gasteiger partial charge in [0.2, 0.25) is 0 Å². The van der Waals surface area contributed by atoms with Crippen LogP contribution in [0.5, 0.6) is 0 Å². The fourth-order valence-electron chi connectivity index (χ4n) is 2.71. The van der Waals surface area contributed by atoms with E-state index in [2.05, 4.69) is 31.1 Å². The molecule has 0 fully saturated rings. The van der Waals surface area contributed by atoms with Gasteiger partial charge in [-0.25, -0.2) is 0 Å². The molecule has 138 valence electrons. The molecule has 5 heteroatoms. The molecule has 1 aromatic carbocycles. The van der Waals surface area contributed by atoms with Gasteiger partial charge in [0.05, 0.1) is 0 Å². The maximum absolute atomic E-state index is 12.6. The second-order valence-corrected chi connectivity index (χ2v) is 6.71. The monoisotopic (exact) mass is 353 g/mol. The van der Waals surface area contributed by atoms with Crippen molar-refractivity contribution in [3.8, 4) is 0 Å². The molecule has 0 aliphatic carbocycles. The third kappa shape index (κ3) is 4.91. The average Bonchev–Trinajstić information content (AvgIpc) is 2.65. The van der Waals surface area contributed by atoms with Crippen molar-refractivity contribution >= 4 is 17.5 Å². The number of pyridine rings is 1. The van der Waals surface area contributed by atoms with Gasteiger partial charge in [-0.3, -0.25) is 14.6 Å². The fourth-order valence-corrected chi connectivity index (χ4v) is 2.71. The van der Waals surface area contributed by atoms with Crippen LogP contribution in [0.2, 0.25) is 0 Å². The van der Waals surface area contributed by atoms with Crippen LogP contribution in [0.15, 0.2) is 42.6 Å². The molecule has 0 unspecified atom stereocenters. The minimum Gasteiger partial charge on any atom is -0.342 e. The highest BCUT2D eigenvalue weighted by Crippen LogP contribution is 2.24. The Bertz CT molecular complexity index is 771. The van der Waals surface area contributed by atoms with E-state index in [1.165, 1.54) is 6.20 Å². The number of amides is 2. The number of unbranched alkanes of at least 4 members (excludes halogenated alkanes) is 1. The summed E-state index contributed by atoms with van der Waals surface area (Å²) in [6.45, 7) is 6.94. The van der Waals surface area contributed by atoms with Crippen molar-refractivity contribution < 1.29 is 9.59 Å². The Morgan fingerprint density at radius 1 is 1.19 bits per heavy atom. The summed E-state index contributed by atoms with van der Waals surface area (Å²) in [4.78, 5) is 30.9.